The number of nitrogens with one attached hydrogen (secondary N) is 1. The van der Waals surface area contributed by atoms with Crippen molar-refractivity contribution in [3.63, 3.8) is 0 Å². The minimum Gasteiger partial charge on any atom is -0.368 e. The molecule has 0 bridgehead atoms. The minimum absolute atomic E-state index is 0.259. The summed E-state index contributed by atoms with van der Waals surface area (Å²) in [5, 5.41) is 3.29. The maximum atomic E-state index is 11.6. The summed E-state index contributed by atoms with van der Waals surface area (Å²) in [5.74, 6) is -0.259. The van der Waals surface area contributed by atoms with Crippen LogP contribution in [0, 0.1) is 0 Å². The van der Waals surface area contributed by atoms with Gasteiger partial charge in [-0.05, 0) is 34.2 Å². The van der Waals surface area contributed by atoms with E-state index in [1.54, 1.807) is 0 Å². The van der Waals surface area contributed by atoms with Crippen molar-refractivity contribution in [1.82, 2.24) is 15.1 Å². The van der Waals surface area contributed by atoms with Crippen LogP contribution in [-0.2, 0) is 4.79 Å². The Balaban J connectivity index is 2.45. The summed E-state index contributed by atoms with van der Waals surface area (Å²) in [6, 6.07) is 0.259. The Morgan fingerprint density at radius 3 is 2.33 bits per heavy atom. The Labute approximate surface area is 111 Å². The summed E-state index contributed by atoms with van der Waals surface area (Å²) in [6.07, 6.45) is 0.768. The van der Waals surface area contributed by atoms with Crippen LogP contribution in [0.5, 0.6) is 0 Å². The van der Waals surface area contributed by atoms with Gasteiger partial charge in [0.05, 0.1) is 5.54 Å². The van der Waals surface area contributed by atoms with E-state index < -0.39 is 5.54 Å². The summed E-state index contributed by atoms with van der Waals surface area (Å²) < 4.78 is 0. The van der Waals surface area contributed by atoms with Gasteiger partial charge in [-0.25, -0.2) is 0 Å². The van der Waals surface area contributed by atoms with Crippen molar-refractivity contribution in [3.05, 3.63) is 0 Å². The van der Waals surface area contributed by atoms with Crippen molar-refractivity contribution < 1.29 is 4.79 Å². The first-order chi connectivity index (χ1) is 8.33. The van der Waals surface area contributed by atoms with Crippen LogP contribution in [0.15, 0.2) is 0 Å². The monoisotopic (exact) mass is 256 g/mol. The van der Waals surface area contributed by atoms with E-state index in [0.29, 0.717) is 0 Å². The van der Waals surface area contributed by atoms with Crippen LogP contribution >= 0.6 is 0 Å². The molecule has 1 aliphatic rings. The van der Waals surface area contributed by atoms with Crippen LogP contribution in [0.2, 0.25) is 0 Å². The number of carbonyl (C=O) groups excluding carboxylic acids is 1. The van der Waals surface area contributed by atoms with E-state index >= 15 is 0 Å². The average Bonchev–Trinajstić information content (AvgIpc) is 2.27. The molecule has 1 rings (SSSR count). The summed E-state index contributed by atoms with van der Waals surface area (Å²) in [7, 11) is 2.14. The van der Waals surface area contributed by atoms with Gasteiger partial charge in [0, 0.05) is 38.8 Å². The van der Waals surface area contributed by atoms with Crippen molar-refractivity contribution in [2.24, 2.45) is 5.73 Å². The predicted octanol–water partition coefficient (Wildman–Crippen LogP) is -0.134. The number of hydrogen-bond acceptors (Lipinski definition) is 4. The average molecular weight is 256 g/mol. The van der Waals surface area contributed by atoms with Gasteiger partial charge in [0.1, 0.15) is 0 Å². The largest absolute Gasteiger partial charge is 0.368 e. The van der Waals surface area contributed by atoms with Crippen LogP contribution in [0.1, 0.15) is 27.2 Å². The van der Waals surface area contributed by atoms with E-state index in [9.17, 15) is 4.79 Å². The molecule has 0 aromatic heterocycles. The van der Waals surface area contributed by atoms with Crippen molar-refractivity contribution in [2.45, 2.75) is 38.8 Å². The van der Waals surface area contributed by atoms with Crippen molar-refractivity contribution in [2.75, 3.05) is 39.8 Å². The predicted molar refractivity (Wildman–Crippen MR) is 74.4 cm³/mol. The van der Waals surface area contributed by atoms with Crippen LogP contribution in [0.3, 0.4) is 0 Å². The summed E-state index contributed by atoms with van der Waals surface area (Å²) in [6.45, 7) is 11.3. The van der Waals surface area contributed by atoms with Crippen LogP contribution in [0.25, 0.3) is 0 Å². The second-order valence-corrected chi connectivity index (χ2v) is 5.89. The number of rotatable bonds is 6. The standard InChI is InChI=1S/C13H28N4O/c1-11(2)15-13(3,12(14)18)5-6-17-9-7-16(4)8-10-17/h11,15H,5-10H2,1-4H3,(H2,14,18). The molecule has 106 valence electrons. The van der Waals surface area contributed by atoms with E-state index in [4.69, 9.17) is 5.73 Å². The maximum absolute atomic E-state index is 11.6. The smallest absolute Gasteiger partial charge is 0.237 e. The number of nitrogens with zero attached hydrogens (tertiary/aromatic N) is 2. The molecule has 0 aromatic carbocycles. The van der Waals surface area contributed by atoms with Gasteiger partial charge >= 0.3 is 0 Å². The third kappa shape index (κ3) is 4.55. The summed E-state index contributed by atoms with van der Waals surface area (Å²) in [4.78, 5) is 16.3. The highest BCUT2D eigenvalue weighted by Gasteiger charge is 2.31. The molecule has 0 radical (unpaired) electrons. The van der Waals surface area contributed by atoms with E-state index in [-0.39, 0.29) is 11.9 Å². The Morgan fingerprint density at radius 2 is 1.89 bits per heavy atom. The number of likely N-dealkylation sites (N-methyl/N-ethyl adjacent to an activating group) is 1. The molecular weight excluding hydrogens is 228 g/mol. The SMILES string of the molecule is CC(C)NC(C)(CCN1CCN(C)CC1)C(N)=O. The normalized spacial score (nSPS) is 22.1. The van der Waals surface area contributed by atoms with E-state index in [2.05, 4.69) is 22.2 Å². The van der Waals surface area contributed by atoms with Gasteiger partial charge in [0.2, 0.25) is 5.91 Å². The highest BCUT2D eigenvalue weighted by atomic mass is 16.1. The fourth-order valence-corrected chi connectivity index (χ4v) is 2.36. The molecule has 3 N–H and O–H groups in total. The maximum Gasteiger partial charge on any atom is 0.237 e. The topological polar surface area (TPSA) is 61.6 Å². The van der Waals surface area contributed by atoms with Crippen molar-refractivity contribution in [1.29, 1.82) is 0 Å². The molecular formula is C13H28N4O. The van der Waals surface area contributed by atoms with Gasteiger partial charge in [-0.3, -0.25) is 4.79 Å². The first kappa shape index (κ1) is 15.4. The zero-order chi connectivity index (χ0) is 13.8. The molecule has 0 aliphatic carbocycles. The highest BCUT2D eigenvalue weighted by Crippen LogP contribution is 2.12. The number of carbonyl (C=O) groups is 1. The van der Waals surface area contributed by atoms with E-state index in [0.717, 1.165) is 39.1 Å². The number of primary amides is 1. The molecule has 0 spiro atoms. The zero-order valence-electron chi connectivity index (χ0n) is 12.2. The molecule has 0 saturated carbocycles. The van der Waals surface area contributed by atoms with Gasteiger partial charge in [-0.1, -0.05) is 0 Å². The first-order valence-electron chi connectivity index (χ1n) is 6.82. The summed E-state index contributed by atoms with van der Waals surface area (Å²) in [5.41, 5.74) is 4.93. The van der Waals surface area contributed by atoms with Crippen LogP contribution < -0.4 is 11.1 Å². The van der Waals surface area contributed by atoms with Crippen LogP contribution in [-0.4, -0.2) is 67.1 Å². The lowest BCUT2D eigenvalue weighted by atomic mass is 9.95. The molecule has 1 saturated heterocycles. The van der Waals surface area contributed by atoms with Crippen molar-refractivity contribution >= 4 is 5.91 Å². The minimum atomic E-state index is -0.600. The lowest BCUT2D eigenvalue weighted by Crippen LogP contribution is -2.57. The number of amides is 1. The van der Waals surface area contributed by atoms with Gasteiger partial charge in [0.15, 0.2) is 0 Å². The highest BCUT2D eigenvalue weighted by molar-refractivity contribution is 5.84. The molecule has 1 fully saturated rings. The number of nitrogens with two attached hydrogens (primary N) is 1. The Kier molecular flexibility index (Phi) is 5.56. The van der Waals surface area contributed by atoms with Gasteiger partial charge in [0.25, 0.3) is 0 Å². The number of hydrogen-bond donors (Lipinski definition) is 2. The van der Waals surface area contributed by atoms with E-state index in [1.807, 2.05) is 20.8 Å². The second kappa shape index (κ2) is 6.50. The molecule has 1 heterocycles. The van der Waals surface area contributed by atoms with E-state index in [1.165, 1.54) is 0 Å². The molecule has 1 unspecified atom stereocenters. The lowest BCUT2D eigenvalue weighted by molar-refractivity contribution is -0.124. The Bertz CT molecular complexity index is 274. The van der Waals surface area contributed by atoms with Crippen molar-refractivity contribution in [3.8, 4) is 0 Å². The zero-order valence-corrected chi connectivity index (χ0v) is 12.2. The number of piperazine rings is 1. The summed E-state index contributed by atoms with van der Waals surface area (Å²) >= 11 is 0. The Morgan fingerprint density at radius 1 is 1.33 bits per heavy atom. The molecule has 1 amide bonds. The van der Waals surface area contributed by atoms with Gasteiger partial charge in [-0.2, -0.15) is 0 Å². The fourth-order valence-electron chi connectivity index (χ4n) is 2.36. The third-order valence-corrected chi connectivity index (χ3v) is 3.68. The second-order valence-electron chi connectivity index (χ2n) is 5.89. The first-order valence-corrected chi connectivity index (χ1v) is 6.82. The molecule has 1 atom stereocenters. The Hall–Kier alpha value is -0.650. The fraction of sp³-hybridized carbons (Fsp3) is 0.923. The van der Waals surface area contributed by atoms with Gasteiger partial charge in [-0.15, -0.1) is 0 Å². The quantitative estimate of drug-likeness (QED) is 0.695. The molecule has 5 heteroatoms. The molecule has 1 aliphatic heterocycles. The van der Waals surface area contributed by atoms with Gasteiger partial charge < -0.3 is 20.9 Å². The van der Waals surface area contributed by atoms with Crippen LogP contribution in [0.4, 0.5) is 0 Å². The molecule has 5 nitrogen and oxygen atoms in total. The molecule has 0 aromatic rings. The molecule has 18 heavy (non-hydrogen) atoms. The lowest BCUT2D eigenvalue weighted by Gasteiger charge is -2.36. The third-order valence-electron chi connectivity index (χ3n) is 3.68.